The Morgan fingerprint density at radius 1 is 1.03 bits per heavy atom. The second-order valence-corrected chi connectivity index (χ2v) is 12.6. The molecule has 4 aliphatic rings. The summed E-state index contributed by atoms with van der Waals surface area (Å²) in [5.41, 5.74) is 8.80. The van der Waals surface area contributed by atoms with Gasteiger partial charge in [-0.3, -0.25) is 25.3 Å². The molecule has 0 radical (unpaired) electrons. The molecule has 7 heteroatoms. The van der Waals surface area contributed by atoms with Crippen molar-refractivity contribution in [2.45, 2.75) is 100 Å². The summed E-state index contributed by atoms with van der Waals surface area (Å²) in [6.45, 7) is 0.390. The lowest BCUT2D eigenvalue weighted by atomic mass is 9.66. The van der Waals surface area contributed by atoms with E-state index in [1.54, 1.807) is 0 Å². The van der Waals surface area contributed by atoms with E-state index in [0.717, 1.165) is 64.2 Å². The first-order valence-electron chi connectivity index (χ1n) is 14.6. The molecule has 4 atom stereocenters. The molecule has 3 aliphatic carbocycles. The summed E-state index contributed by atoms with van der Waals surface area (Å²) < 4.78 is 0. The third-order valence-electron chi connectivity index (χ3n) is 10.4. The van der Waals surface area contributed by atoms with Gasteiger partial charge in [-0.1, -0.05) is 43.2 Å². The van der Waals surface area contributed by atoms with E-state index >= 15 is 0 Å². The molecule has 4 fully saturated rings. The number of hydrogen-bond acceptors (Lipinski definition) is 6. The van der Waals surface area contributed by atoms with Crippen LogP contribution in [0.5, 0.6) is 0 Å². The van der Waals surface area contributed by atoms with Crippen molar-refractivity contribution < 1.29 is 14.7 Å². The maximum absolute atomic E-state index is 12.3. The molecule has 1 spiro atoms. The van der Waals surface area contributed by atoms with Crippen LogP contribution in [-0.2, 0) is 15.1 Å². The van der Waals surface area contributed by atoms with Crippen LogP contribution in [0.15, 0.2) is 30.3 Å². The van der Waals surface area contributed by atoms with Gasteiger partial charge >= 0.3 is 0 Å². The summed E-state index contributed by atoms with van der Waals surface area (Å²) in [5.74, 6) is -0.208. The van der Waals surface area contributed by atoms with Crippen molar-refractivity contribution in [1.29, 1.82) is 0 Å². The van der Waals surface area contributed by atoms with Gasteiger partial charge in [-0.25, -0.2) is 0 Å². The minimum atomic E-state index is -0.473. The van der Waals surface area contributed by atoms with E-state index in [4.69, 9.17) is 0 Å². The largest absolute Gasteiger partial charge is 0.392 e. The molecular weight excluding hydrogens is 464 g/mol. The van der Waals surface area contributed by atoms with E-state index < -0.39 is 12.0 Å². The van der Waals surface area contributed by atoms with E-state index in [1.807, 2.05) is 0 Å². The fraction of sp³-hybridized carbons (Fsp3) is 0.733. The minimum absolute atomic E-state index is 0.00313. The van der Waals surface area contributed by atoms with Gasteiger partial charge in [-0.05, 0) is 83.4 Å². The van der Waals surface area contributed by atoms with E-state index in [0.29, 0.717) is 18.9 Å². The first kappa shape index (κ1) is 26.8. The van der Waals surface area contributed by atoms with Crippen molar-refractivity contribution in [1.82, 2.24) is 21.1 Å². The number of Topliss-reactive ketones (excluding diaryl/α,β-unsaturated/α-hetero) is 1. The summed E-state index contributed by atoms with van der Waals surface area (Å²) in [5, 5.41) is 14.2. The van der Waals surface area contributed by atoms with Crippen LogP contribution in [0.25, 0.3) is 0 Å². The highest BCUT2D eigenvalue weighted by Gasteiger charge is 2.50. The molecule has 204 valence electrons. The second kappa shape index (κ2) is 11.1. The van der Waals surface area contributed by atoms with Crippen molar-refractivity contribution >= 4 is 11.7 Å². The van der Waals surface area contributed by atoms with Gasteiger partial charge in [-0.2, -0.15) is 0 Å². The zero-order valence-electron chi connectivity index (χ0n) is 22.7. The first-order valence-corrected chi connectivity index (χ1v) is 14.6. The Bertz CT molecular complexity index is 939. The van der Waals surface area contributed by atoms with Crippen molar-refractivity contribution in [3.63, 3.8) is 0 Å². The lowest BCUT2D eigenvalue weighted by molar-refractivity contribution is -0.139. The van der Waals surface area contributed by atoms with Crippen LogP contribution in [0, 0.1) is 17.8 Å². The highest BCUT2D eigenvalue weighted by atomic mass is 16.3. The Labute approximate surface area is 222 Å². The van der Waals surface area contributed by atoms with Gasteiger partial charge in [0.1, 0.15) is 0 Å². The zero-order chi connectivity index (χ0) is 26.0. The van der Waals surface area contributed by atoms with Crippen LogP contribution in [0.1, 0.15) is 82.6 Å². The highest BCUT2D eigenvalue weighted by molar-refractivity contribution is 6.36. The molecule has 0 aromatic heterocycles. The molecule has 1 aromatic carbocycles. The van der Waals surface area contributed by atoms with Crippen LogP contribution in [0.3, 0.4) is 0 Å². The molecule has 1 heterocycles. The van der Waals surface area contributed by atoms with Gasteiger partial charge in [-0.15, -0.1) is 0 Å². The number of amides is 1. The van der Waals surface area contributed by atoms with Crippen LogP contribution >= 0.6 is 0 Å². The molecule has 1 saturated heterocycles. The number of carbonyl (C=O) groups is 2. The van der Waals surface area contributed by atoms with E-state index in [2.05, 4.69) is 65.5 Å². The number of nitrogens with zero attached hydrogens (tertiary/aromatic N) is 1. The summed E-state index contributed by atoms with van der Waals surface area (Å²) in [4.78, 5) is 27.0. The molecule has 1 aromatic rings. The molecule has 7 nitrogen and oxygen atoms in total. The second-order valence-electron chi connectivity index (χ2n) is 12.6. The van der Waals surface area contributed by atoms with Crippen LogP contribution in [0.4, 0.5) is 0 Å². The molecule has 5 rings (SSSR count). The number of aliphatic hydroxyl groups is 1. The lowest BCUT2D eigenvalue weighted by Crippen LogP contribution is -2.53. The van der Waals surface area contributed by atoms with Crippen LogP contribution < -0.4 is 16.2 Å². The van der Waals surface area contributed by atoms with Gasteiger partial charge in [0.05, 0.1) is 6.10 Å². The molecule has 3 saturated carbocycles. The van der Waals surface area contributed by atoms with Gasteiger partial charge in [0.15, 0.2) is 0 Å². The fourth-order valence-electron chi connectivity index (χ4n) is 7.58. The first-order chi connectivity index (χ1) is 17.8. The number of hydrogen-bond donors (Lipinski definition) is 4. The molecule has 37 heavy (non-hydrogen) atoms. The number of nitrogens with one attached hydrogen (secondary N) is 3. The quantitative estimate of drug-likeness (QED) is 0.401. The third-order valence-corrected chi connectivity index (χ3v) is 10.4. The fourth-order valence-corrected chi connectivity index (χ4v) is 7.58. The number of benzene rings is 1. The summed E-state index contributed by atoms with van der Waals surface area (Å²) >= 11 is 0. The standard InChI is InChI=1S/C30H46N4O3/c1-34(2)30(23-11-4-3-5-12-23)16-14-29(15-17-30)19-25(32-33-29)24-13-7-10-22(27(24)36)20-31-28(37)26(35)18-21-8-6-9-21/h3-5,11-12,21-22,24-25,27,32-33,36H,6-10,13-20H2,1-2H3,(H,31,37)/t22?,24?,25-,27+,29?,30?/m0/s1. The molecular formula is C30H46N4O3. The maximum atomic E-state index is 12.3. The smallest absolute Gasteiger partial charge is 0.287 e. The Morgan fingerprint density at radius 3 is 2.38 bits per heavy atom. The molecule has 4 N–H and O–H groups in total. The Kier molecular flexibility index (Phi) is 8.06. The summed E-state index contributed by atoms with van der Waals surface area (Å²) in [6.07, 6.45) is 11.5. The topological polar surface area (TPSA) is 93.7 Å². The predicted octanol–water partition coefficient (Wildman–Crippen LogP) is 3.28. The van der Waals surface area contributed by atoms with Crippen LogP contribution in [-0.4, -0.2) is 60.0 Å². The number of aliphatic hydroxyl groups excluding tert-OH is 1. The normalized spacial score (nSPS) is 36.4. The summed E-state index contributed by atoms with van der Waals surface area (Å²) in [6, 6.07) is 11.1. The minimum Gasteiger partial charge on any atom is -0.392 e. The molecule has 1 aliphatic heterocycles. The van der Waals surface area contributed by atoms with Gasteiger partial charge in [0, 0.05) is 41.9 Å². The molecule has 2 unspecified atom stereocenters. The number of carbonyl (C=O) groups excluding carboxylic acids is 2. The van der Waals surface area contributed by atoms with Gasteiger partial charge in [0.2, 0.25) is 5.78 Å². The zero-order valence-corrected chi connectivity index (χ0v) is 22.7. The van der Waals surface area contributed by atoms with Gasteiger partial charge in [0.25, 0.3) is 5.91 Å². The predicted molar refractivity (Wildman–Crippen MR) is 144 cm³/mol. The third kappa shape index (κ3) is 5.51. The SMILES string of the molecule is CN(C)C1(c2ccccc2)CCC2(CC1)C[C@@H](C1CCCC(CNC(=O)C(=O)CC3CCC3)[C@H]1O)NN2. The van der Waals surface area contributed by atoms with Crippen molar-refractivity contribution in [3.8, 4) is 0 Å². The monoisotopic (exact) mass is 510 g/mol. The number of ketones is 1. The maximum Gasteiger partial charge on any atom is 0.287 e. The average Bonchev–Trinajstić information content (AvgIpc) is 3.29. The Balaban J connectivity index is 1.15. The Hall–Kier alpha value is -1.80. The Morgan fingerprint density at radius 2 is 1.73 bits per heavy atom. The molecule has 1 amide bonds. The molecule has 0 bridgehead atoms. The van der Waals surface area contributed by atoms with E-state index in [1.165, 1.54) is 12.0 Å². The van der Waals surface area contributed by atoms with E-state index in [-0.39, 0.29) is 34.7 Å². The van der Waals surface area contributed by atoms with E-state index in [9.17, 15) is 14.7 Å². The van der Waals surface area contributed by atoms with Crippen molar-refractivity contribution in [3.05, 3.63) is 35.9 Å². The highest BCUT2D eigenvalue weighted by Crippen LogP contribution is 2.48. The van der Waals surface area contributed by atoms with Crippen molar-refractivity contribution in [2.75, 3.05) is 20.6 Å². The average molecular weight is 511 g/mol. The lowest BCUT2D eigenvalue weighted by Gasteiger charge is -2.49. The van der Waals surface area contributed by atoms with Crippen LogP contribution in [0.2, 0.25) is 0 Å². The van der Waals surface area contributed by atoms with Crippen molar-refractivity contribution in [2.24, 2.45) is 17.8 Å². The summed E-state index contributed by atoms with van der Waals surface area (Å²) in [7, 11) is 4.40. The number of hydrazine groups is 1. The van der Waals surface area contributed by atoms with Gasteiger partial charge < -0.3 is 10.4 Å². The number of rotatable bonds is 8.